The van der Waals surface area contributed by atoms with E-state index in [1.54, 1.807) is 37.2 Å². The van der Waals surface area contributed by atoms with E-state index in [2.05, 4.69) is 0 Å². The van der Waals surface area contributed by atoms with Gasteiger partial charge in [-0.05, 0) is 55.2 Å². The molecule has 3 amide bonds. The van der Waals surface area contributed by atoms with Crippen molar-refractivity contribution in [2.45, 2.75) is 25.7 Å². The van der Waals surface area contributed by atoms with Gasteiger partial charge in [0.25, 0.3) is 5.91 Å². The van der Waals surface area contributed by atoms with Gasteiger partial charge < -0.3 is 20.3 Å². The molecule has 26 heavy (non-hydrogen) atoms. The van der Waals surface area contributed by atoms with E-state index in [0.717, 1.165) is 32.4 Å². The van der Waals surface area contributed by atoms with Crippen molar-refractivity contribution < 1.29 is 14.3 Å². The summed E-state index contributed by atoms with van der Waals surface area (Å²) in [6.45, 7) is 2.16. The third-order valence-corrected chi connectivity index (χ3v) is 6.05. The quantitative estimate of drug-likeness (QED) is 0.854. The number of carbonyl (C=O) groups excluding carboxylic acids is 2. The molecular weight excluding hydrogens is 354 g/mol. The van der Waals surface area contributed by atoms with Crippen molar-refractivity contribution in [2.75, 3.05) is 33.8 Å². The van der Waals surface area contributed by atoms with Crippen molar-refractivity contribution in [3.8, 4) is 5.75 Å². The zero-order chi connectivity index (χ0) is 18.9. The van der Waals surface area contributed by atoms with Gasteiger partial charge in [-0.15, -0.1) is 0 Å². The molecule has 142 valence electrons. The summed E-state index contributed by atoms with van der Waals surface area (Å²) in [4.78, 5) is 26.4. The maximum absolute atomic E-state index is 12.0. The second-order valence-electron chi connectivity index (χ2n) is 7.57. The summed E-state index contributed by atoms with van der Waals surface area (Å²) >= 11 is 6.21. The van der Waals surface area contributed by atoms with Gasteiger partial charge in [-0.25, -0.2) is 4.79 Å². The predicted molar refractivity (Wildman–Crippen MR) is 101 cm³/mol. The molecule has 0 radical (unpaired) electrons. The third-order valence-electron chi connectivity index (χ3n) is 5.74. The molecule has 0 aromatic heterocycles. The molecule has 1 saturated carbocycles. The molecule has 3 rings (SSSR count). The SMILES string of the molecule is CN(C)C(=O)c1ccc(OCC[C@H]2CC23CCN(C(N)=O)CC3)cc1Cl. The first-order chi connectivity index (χ1) is 12.3. The molecule has 1 aromatic carbocycles. The summed E-state index contributed by atoms with van der Waals surface area (Å²) in [5, 5.41) is 0.405. The minimum atomic E-state index is -0.312. The van der Waals surface area contributed by atoms with Crippen molar-refractivity contribution >= 4 is 23.5 Å². The molecule has 1 atom stereocenters. The van der Waals surface area contributed by atoms with Crippen LogP contribution in [-0.4, -0.2) is 55.5 Å². The third kappa shape index (κ3) is 3.90. The van der Waals surface area contributed by atoms with Gasteiger partial charge in [-0.3, -0.25) is 4.79 Å². The molecule has 6 nitrogen and oxygen atoms in total. The lowest BCUT2D eigenvalue weighted by molar-refractivity contribution is 0.0827. The Morgan fingerprint density at radius 2 is 2.04 bits per heavy atom. The number of urea groups is 1. The van der Waals surface area contributed by atoms with E-state index in [1.165, 1.54) is 11.3 Å². The average molecular weight is 380 g/mol. The number of amides is 3. The Bertz CT molecular complexity index is 699. The predicted octanol–water partition coefficient (Wildman–Crippen LogP) is 2.99. The highest BCUT2D eigenvalue weighted by atomic mass is 35.5. The van der Waals surface area contributed by atoms with Crippen molar-refractivity contribution in [3.05, 3.63) is 28.8 Å². The fourth-order valence-electron chi connectivity index (χ4n) is 3.94. The maximum atomic E-state index is 12.0. The number of benzene rings is 1. The number of likely N-dealkylation sites (tertiary alicyclic amines) is 1. The van der Waals surface area contributed by atoms with Crippen LogP contribution in [0.3, 0.4) is 0 Å². The molecule has 2 N–H and O–H groups in total. The monoisotopic (exact) mass is 379 g/mol. The number of hydrogen-bond donors (Lipinski definition) is 1. The van der Waals surface area contributed by atoms with Crippen LogP contribution in [0.1, 0.15) is 36.0 Å². The Hall–Kier alpha value is -1.95. The molecule has 0 bridgehead atoms. The van der Waals surface area contributed by atoms with Crippen LogP contribution in [0.25, 0.3) is 0 Å². The van der Waals surface area contributed by atoms with E-state index in [1.807, 2.05) is 0 Å². The van der Waals surface area contributed by atoms with Crippen molar-refractivity contribution in [1.29, 1.82) is 0 Å². The van der Waals surface area contributed by atoms with Crippen LogP contribution in [0.2, 0.25) is 5.02 Å². The molecule has 2 aliphatic rings. The number of rotatable bonds is 5. The molecule has 1 spiro atoms. The summed E-state index contributed by atoms with van der Waals surface area (Å²) in [5.74, 6) is 1.22. The van der Waals surface area contributed by atoms with E-state index in [0.29, 0.717) is 34.3 Å². The first-order valence-corrected chi connectivity index (χ1v) is 9.38. The normalized spacial score (nSPS) is 20.7. The number of hydrogen-bond acceptors (Lipinski definition) is 3. The fraction of sp³-hybridized carbons (Fsp3) is 0.579. The van der Waals surface area contributed by atoms with Crippen LogP contribution < -0.4 is 10.5 Å². The smallest absolute Gasteiger partial charge is 0.314 e. The molecule has 1 aromatic rings. The van der Waals surface area contributed by atoms with Crippen LogP contribution in [0.15, 0.2) is 18.2 Å². The van der Waals surface area contributed by atoms with Crippen LogP contribution in [0, 0.1) is 11.3 Å². The highest BCUT2D eigenvalue weighted by Crippen LogP contribution is 2.60. The summed E-state index contributed by atoms with van der Waals surface area (Å²) in [6, 6.07) is 4.88. The maximum Gasteiger partial charge on any atom is 0.314 e. The van der Waals surface area contributed by atoms with Gasteiger partial charge in [0, 0.05) is 27.2 Å². The summed E-state index contributed by atoms with van der Waals surface area (Å²) in [5.41, 5.74) is 6.21. The summed E-state index contributed by atoms with van der Waals surface area (Å²) in [6.07, 6.45) is 4.27. The van der Waals surface area contributed by atoms with E-state index in [-0.39, 0.29) is 11.9 Å². The van der Waals surface area contributed by atoms with Crippen LogP contribution in [0.5, 0.6) is 5.75 Å². The lowest BCUT2D eigenvalue weighted by Crippen LogP contribution is -2.42. The largest absolute Gasteiger partial charge is 0.494 e. The van der Waals surface area contributed by atoms with Crippen LogP contribution >= 0.6 is 11.6 Å². The van der Waals surface area contributed by atoms with Gasteiger partial charge in [0.1, 0.15) is 5.75 Å². The molecular formula is C19H26ClN3O3. The summed E-state index contributed by atoms with van der Waals surface area (Å²) in [7, 11) is 3.39. The van der Waals surface area contributed by atoms with Gasteiger partial charge in [-0.2, -0.15) is 0 Å². The van der Waals surface area contributed by atoms with Crippen molar-refractivity contribution in [3.63, 3.8) is 0 Å². The van der Waals surface area contributed by atoms with Gasteiger partial charge >= 0.3 is 6.03 Å². The lowest BCUT2D eigenvalue weighted by Gasteiger charge is -2.31. The molecule has 1 heterocycles. The van der Waals surface area contributed by atoms with Crippen molar-refractivity contribution in [2.24, 2.45) is 17.1 Å². The second-order valence-corrected chi connectivity index (χ2v) is 7.97. The number of primary amides is 1. The topological polar surface area (TPSA) is 75.9 Å². The van der Waals surface area contributed by atoms with E-state index in [9.17, 15) is 9.59 Å². The molecule has 1 saturated heterocycles. The average Bonchev–Trinajstić information content (AvgIpc) is 3.26. The zero-order valence-corrected chi connectivity index (χ0v) is 16.1. The Morgan fingerprint density at radius 3 is 2.62 bits per heavy atom. The first-order valence-electron chi connectivity index (χ1n) is 9.01. The van der Waals surface area contributed by atoms with Crippen LogP contribution in [-0.2, 0) is 0 Å². The Labute approximate surface area is 159 Å². The Morgan fingerprint density at radius 1 is 1.35 bits per heavy atom. The minimum absolute atomic E-state index is 0.122. The number of halogens is 1. The number of piperidine rings is 1. The Kier molecular flexibility index (Phi) is 5.32. The number of nitrogens with two attached hydrogens (primary N) is 1. The first kappa shape index (κ1) is 18.8. The van der Waals surface area contributed by atoms with E-state index in [4.69, 9.17) is 22.1 Å². The second kappa shape index (κ2) is 7.35. The van der Waals surface area contributed by atoms with Gasteiger partial charge in [0.15, 0.2) is 0 Å². The van der Waals surface area contributed by atoms with Crippen LogP contribution in [0.4, 0.5) is 4.79 Å². The van der Waals surface area contributed by atoms with Crippen molar-refractivity contribution in [1.82, 2.24) is 9.80 Å². The zero-order valence-electron chi connectivity index (χ0n) is 15.3. The highest BCUT2D eigenvalue weighted by Gasteiger charge is 2.54. The minimum Gasteiger partial charge on any atom is -0.494 e. The van der Waals surface area contributed by atoms with E-state index < -0.39 is 0 Å². The fourth-order valence-corrected chi connectivity index (χ4v) is 4.20. The lowest BCUT2D eigenvalue weighted by atomic mass is 9.90. The number of ether oxygens (including phenoxy) is 1. The van der Waals surface area contributed by atoms with E-state index >= 15 is 0 Å². The number of nitrogens with zero attached hydrogens (tertiary/aromatic N) is 2. The standard InChI is InChI=1S/C19H26ClN3O3/c1-22(2)17(24)15-4-3-14(11-16(15)20)26-10-5-13-12-19(13)6-8-23(9-7-19)18(21)25/h3-4,11,13H,5-10,12H2,1-2H3,(H2,21,25)/t13-/m0/s1. The molecule has 1 aliphatic carbocycles. The molecule has 1 aliphatic heterocycles. The molecule has 7 heteroatoms. The van der Waals surface area contributed by atoms with Gasteiger partial charge in [0.05, 0.1) is 17.2 Å². The van der Waals surface area contributed by atoms with Gasteiger partial charge in [-0.1, -0.05) is 11.6 Å². The molecule has 2 fully saturated rings. The van der Waals surface area contributed by atoms with Gasteiger partial charge in [0.2, 0.25) is 0 Å². The highest BCUT2D eigenvalue weighted by molar-refractivity contribution is 6.34. The Balaban J connectivity index is 1.46. The molecule has 0 unspecified atom stereocenters. The summed E-state index contributed by atoms with van der Waals surface area (Å²) < 4.78 is 5.83. The number of carbonyl (C=O) groups is 2.